The molecule has 1 amide bonds. The van der Waals surface area contributed by atoms with Crippen LogP contribution in [0.25, 0.3) is 0 Å². The number of rotatable bonds is 4. The predicted octanol–water partition coefficient (Wildman–Crippen LogP) is 3.38. The van der Waals surface area contributed by atoms with Crippen molar-refractivity contribution in [3.63, 3.8) is 0 Å². The summed E-state index contributed by atoms with van der Waals surface area (Å²) in [5, 5.41) is 1.13. The number of benzene rings is 1. The van der Waals surface area contributed by atoms with E-state index < -0.39 is 0 Å². The van der Waals surface area contributed by atoms with Crippen molar-refractivity contribution in [2.75, 3.05) is 0 Å². The number of hydrogen-bond donors (Lipinski definition) is 2. The summed E-state index contributed by atoms with van der Waals surface area (Å²) in [4.78, 5) is 15.7. The highest BCUT2D eigenvalue weighted by Gasteiger charge is 2.11. The third-order valence-electron chi connectivity index (χ3n) is 2.77. The largest absolute Gasteiger partial charge is 0.287 e. The van der Waals surface area contributed by atoms with Gasteiger partial charge in [0.25, 0.3) is 5.91 Å². The lowest BCUT2D eigenvalue weighted by atomic mass is 10.1. The normalized spacial score (nSPS) is 11.9. The molecule has 0 radical (unpaired) electrons. The average Bonchev–Trinajstić information content (AvgIpc) is 2.45. The summed E-state index contributed by atoms with van der Waals surface area (Å²) < 4.78 is 0. The predicted molar refractivity (Wildman–Crippen MR) is 79.7 cm³/mol. The summed E-state index contributed by atoms with van der Waals surface area (Å²) in [7, 11) is 0. The van der Waals surface area contributed by atoms with Crippen LogP contribution in [0.15, 0.2) is 42.7 Å². The van der Waals surface area contributed by atoms with Crippen molar-refractivity contribution >= 4 is 29.1 Å². The Balaban J connectivity index is 1.98. The van der Waals surface area contributed by atoms with E-state index in [4.69, 9.17) is 23.2 Å². The van der Waals surface area contributed by atoms with Gasteiger partial charge in [-0.05, 0) is 36.8 Å². The van der Waals surface area contributed by atoms with Crippen LogP contribution in [0.1, 0.15) is 28.9 Å². The van der Waals surface area contributed by atoms with Gasteiger partial charge in [0.2, 0.25) is 0 Å². The van der Waals surface area contributed by atoms with E-state index >= 15 is 0 Å². The number of carbonyl (C=O) groups excluding carboxylic acids is 1. The number of aromatic nitrogens is 1. The summed E-state index contributed by atoms with van der Waals surface area (Å²) >= 11 is 12.0. The second-order valence-electron chi connectivity index (χ2n) is 4.22. The van der Waals surface area contributed by atoms with Gasteiger partial charge in [0, 0.05) is 34.0 Å². The van der Waals surface area contributed by atoms with Crippen LogP contribution >= 0.6 is 23.2 Å². The number of amides is 1. The molecule has 0 aliphatic rings. The molecule has 2 N–H and O–H groups in total. The Morgan fingerprint density at radius 2 is 1.90 bits per heavy atom. The lowest BCUT2D eigenvalue weighted by Crippen LogP contribution is -2.39. The van der Waals surface area contributed by atoms with Crippen molar-refractivity contribution in [1.29, 1.82) is 0 Å². The molecule has 0 aliphatic heterocycles. The molecule has 2 aromatic rings. The van der Waals surface area contributed by atoms with E-state index in [9.17, 15) is 4.79 Å². The van der Waals surface area contributed by atoms with E-state index in [-0.39, 0.29) is 11.9 Å². The van der Waals surface area contributed by atoms with Gasteiger partial charge in [-0.15, -0.1) is 0 Å². The summed E-state index contributed by atoms with van der Waals surface area (Å²) in [5.41, 5.74) is 6.92. The first kappa shape index (κ1) is 14.8. The van der Waals surface area contributed by atoms with Crippen LogP contribution < -0.4 is 10.9 Å². The minimum Gasteiger partial charge on any atom is -0.287 e. The minimum atomic E-state index is -0.232. The molecule has 1 aromatic heterocycles. The summed E-state index contributed by atoms with van der Waals surface area (Å²) in [5.74, 6) is -0.232. The fourth-order valence-corrected chi connectivity index (χ4v) is 2.25. The van der Waals surface area contributed by atoms with Gasteiger partial charge in [-0.25, -0.2) is 5.43 Å². The highest BCUT2D eigenvalue weighted by atomic mass is 35.5. The van der Waals surface area contributed by atoms with Gasteiger partial charge in [0.05, 0.1) is 0 Å². The molecule has 6 heteroatoms. The Bertz CT molecular complexity index is 605. The highest BCUT2D eigenvalue weighted by molar-refractivity contribution is 6.35. The molecule has 0 saturated carbocycles. The Kier molecular flexibility index (Phi) is 4.95. The van der Waals surface area contributed by atoms with Crippen molar-refractivity contribution in [3.8, 4) is 0 Å². The molecule has 0 fully saturated rings. The second kappa shape index (κ2) is 6.70. The number of carbonyl (C=O) groups is 1. The lowest BCUT2D eigenvalue weighted by molar-refractivity contribution is 0.0926. The fourth-order valence-electron chi connectivity index (χ4n) is 1.68. The number of hydrogen-bond acceptors (Lipinski definition) is 3. The molecule has 1 atom stereocenters. The number of nitrogens with zero attached hydrogens (tertiary/aromatic N) is 1. The van der Waals surface area contributed by atoms with Crippen LogP contribution in [0.4, 0.5) is 0 Å². The van der Waals surface area contributed by atoms with Crippen LogP contribution in [0.5, 0.6) is 0 Å². The topological polar surface area (TPSA) is 54.0 Å². The molecule has 2 rings (SSSR count). The third-order valence-corrected chi connectivity index (χ3v) is 3.34. The van der Waals surface area contributed by atoms with Crippen molar-refractivity contribution in [3.05, 3.63) is 63.9 Å². The van der Waals surface area contributed by atoms with Gasteiger partial charge in [-0.2, -0.15) is 0 Å². The fraction of sp³-hybridized carbons (Fsp3) is 0.143. The van der Waals surface area contributed by atoms with Crippen LogP contribution in [-0.4, -0.2) is 10.9 Å². The van der Waals surface area contributed by atoms with Gasteiger partial charge < -0.3 is 0 Å². The minimum absolute atomic E-state index is 0.148. The van der Waals surface area contributed by atoms with Gasteiger partial charge in [0.1, 0.15) is 0 Å². The van der Waals surface area contributed by atoms with E-state index in [1.807, 2.05) is 13.0 Å². The average molecular weight is 310 g/mol. The van der Waals surface area contributed by atoms with Crippen molar-refractivity contribution in [1.82, 2.24) is 15.8 Å². The third kappa shape index (κ3) is 3.70. The van der Waals surface area contributed by atoms with Gasteiger partial charge >= 0.3 is 0 Å². The van der Waals surface area contributed by atoms with E-state index in [1.165, 1.54) is 0 Å². The Morgan fingerprint density at radius 3 is 2.55 bits per heavy atom. The van der Waals surface area contributed by atoms with Gasteiger partial charge in [-0.1, -0.05) is 29.3 Å². The molecule has 1 aromatic carbocycles. The van der Waals surface area contributed by atoms with Crippen LogP contribution in [0.2, 0.25) is 10.0 Å². The second-order valence-corrected chi connectivity index (χ2v) is 5.07. The first-order valence-electron chi connectivity index (χ1n) is 5.99. The number of pyridine rings is 1. The highest BCUT2D eigenvalue weighted by Crippen LogP contribution is 2.25. The summed E-state index contributed by atoms with van der Waals surface area (Å²) in [6.45, 7) is 1.89. The smallest absolute Gasteiger partial charge is 0.265 e. The van der Waals surface area contributed by atoms with Crippen LogP contribution in [-0.2, 0) is 0 Å². The maximum Gasteiger partial charge on any atom is 0.265 e. The number of hydrazine groups is 1. The molecule has 0 bridgehead atoms. The zero-order chi connectivity index (χ0) is 14.5. The van der Waals surface area contributed by atoms with Crippen molar-refractivity contribution < 1.29 is 4.79 Å². The molecule has 0 aliphatic carbocycles. The molecule has 1 unspecified atom stereocenters. The van der Waals surface area contributed by atoms with Crippen LogP contribution in [0.3, 0.4) is 0 Å². The van der Waals surface area contributed by atoms with E-state index in [1.54, 1.807) is 36.7 Å². The standard InChI is InChI=1S/C14H13Cl2N3O/c1-9(12-3-2-11(15)8-13(12)16)18-19-14(20)10-4-6-17-7-5-10/h2-9,18H,1H3,(H,19,20). The maximum atomic E-state index is 11.9. The quantitative estimate of drug-likeness (QED) is 0.851. The molecule has 104 valence electrons. The molecule has 4 nitrogen and oxygen atoms in total. The number of nitrogens with one attached hydrogen (secondary N) is 2. The molecular weight excluding hydrogens is 297 g/mol. The van der Waals surface area contributed by atoms with Gasteiger partial charge in [0.15, 0.2) is 0 Å². The maximum absolute atomic E-state index is 11.9. The van der Waals surface area contributed by atoms with E-state index in [2.05, 4.69) is 15.8 Å². The Hall–Kier alpha value is -1.62. The van der Waals surface area contributed by atoms with Crippen molar-refractivity contribution in [2.24, 2.45) is 0 Å². The summed E-state index contributed by atoms with van der Waals surface area (Å²) in [6.07, 6.45) is 3.13. The van der Waals surface area contributed by atoms with Crippen LogP contribution in [0, 0.1) is 0 Å². The first-order valence-corrected chi connectivity index (χ1v) is 6.74. The van der Waals surface area contributed by atoms with E-state index in [0.717, 1.165) is 5.56 Å². The molecule has 1 heterocycles. The SMILES string of the molecule is CC(NNC(=O)c1ccncc1)c1ccc(Cl)cc1Cl. The zero-order valence-electron chi connectivity index (χ0n) is 10.7. The Labute approximate surface area is 127 Å². The lowest BCUT2D eigenvalue weighted by Gasteiger charge is -2.16. The monoisotopic (exact) mass is 309 g/mol. The zero-order valence-corrected chi connectivity index (χ0v) is 12.2. The van der Waals surface area contributed by atoms with Crippen molar-refractivity contribution in [2.45, 2.75) is 13.0 Å². The molecular formula is C14H13Cl2N3O. The molecule has 20 heavy (non-hydrogen) atoms. The summed E-state index contributed by atoms with van der Waals surface area (Å²) in [6, 6.07) is 8.37. The van der Waals surface area contributed by atoms with Gasteiger partial charge in [-0.3, -0.25) is 15.2 Å². The molecule has 0 saturated heterocycles. The van der Waals surface area contributed by atoms with E-state index in [0.29, 0.717) is 15.6 Å². The number of halogens is 2. The molecule has 0 spiro atoms. The Morgan fingerprint density at radius 1 is 1.20 bits per heavy atom. The first-order chi connectivity index (χ1) is 9.58.